The Labute approximate surface area is 346 Å². The van der Waals surface area contributed by atoms with E-state index in [1.807, 2.05) is 17.8 Å². The standard InChI is InChI=1S/C55H57NS/c1-11-20-39(7)57-55(49(21-12-2)37(4)5)42(10)43-28-32-46(33-29-43)56(54-36-45-23-15-17-25-51(45)52-26-18-19-27-53(52)54)47-34-30-44(31-35-47)48(13-3)40(8)41(9)50-24-16-14-22-38(50)6/h11-37,39H,2H2,1,3-10H3/b20-11-,41-40+,48-13+,49-21-,55-42-. The number of benzene rings is 6. The van der Waals surface area contributed by atoms with Crippen LogP contribution in [0.5, 0.6) is 0 Å². The van der Waals surface area contributed by atoms with Crippen molar-refractivity contribution in [1.29, 1.82) is 0 Å². The molecule has 0 heterocycles. The number of thioether (sulfide) groups is 1. The first kappa shape index (κ1) is 41.1. The van der Waals surface area contributed by atoms with Gasteiger partial charge in [-0.25, -0.2) is 0 Å². The first-order valence-electron chi connectivity index (χ1n) is 20.2. The van der Waals surface area contributed by atoms with Crippen LogP contribution < -0.4 is 4.90 Å². The van der Waals surface area contributed by atoms with Crippen molar-refractivity contribution in [1.82, 2.24) is 0 Å². The third-order valence-corrected chi connectivity index (χ3v) is 12.4. The zero-order valence-electron chi connectivity index (χ0n) is 35.2. The Morgan fingerprint density at radius 1 is 0.667 bits per heavy atom. The maximum Gasteiger partial charge on any atom is 0.0546 e. The molecule has 0 fully saturated rings. The van der Waals surface area contributed by atoms with Gasteiger partial charge in [0.25, 0.3) is 0 Å². The lowest BCUT2D eigenvalue weighted by atomic mass is 9.90. The minimum Gasteiger partial charge on any atom is -0.310 e. The second kappa shape index (κ2) is 18.6. The number of fused-ring (bicyclic) bond motifs is 3. The van der Waals surface area contributed by atoms with Gasteiger partial charge in [0.15, 0.2) is 0 Å². The first-order chi connectivity index (χ1) is 27.6. The summed E-state index contributed by atoms with van der Waals surface area (Å²) in [5.74, 6) is 0.367. The molecular weight excluding hydrogens is 707 g/mol. The van der Waals surface area contributed by atoms with E-state index in [0.29, 0.717) is 11.2 Å². The van der Waals surface area contributed by atoms with Crippen LogP contribution in [0.15, 0.2) is 180 Å². The SMILES string of the molecule is C=C/C=C(\C(SC(C)/C=C\C)=C(/C)c1ccc(N(c2ccc(C(=C/C)/C(C)=C(\C)c3ccccc3C)cc2)c2cc3ccccc3c3ccccc23)cc1)C(C)C. The molecule has 288 valence electrons. The van der Waals surface area contributed by atoms with Crippen LogP contribution in [-0.4, -0.2) is 5.25 Å². The molecule has 1 unspecified atom stereocenters. The average molecular weight is 764 g/mol. The van der Waals surface area contributed by atoms with Crippen molar-refractivity contribution in [2.75, 3.05) is 4.90 Å². The van der Waals surface area contributed by atoms with Crippen LogP contribution in [-0.2, 0) is 0 Å². The summed E-state index contributed by atoms with van der Waals surface area (Å²) in [5, 5.41) is 5.30. The molecule has 6 aromatic rings. The summed E-state index contributed by atoms with van der Waals surface area (Å²) >= 11 is 1.92. The summed E-state index contributed by atoms with van der Waals surface area (Å²) in [6.07, 6.45) is 10.8. The van der Waals surface area contributed by atoms with E-state index in [4.69, 9.17) is 0 Å². The Hall–Kier alpha value is -5.57. The number of nitrogens with zero attached hydrogens (tertiary/aromatic N) is 1. The largest absolute Gasteiger partial charge is 0.310 e. The molecule has 0 aliphatic heterocycles. The Morgan fingerprint density at radius 2 is 1.25 bits per heavy atom. The fourth-order valence-electron chi connectivity index (χ4n) is 7.95. The number of rotatable bonds is 13. The predicted molar refractivity (Wildman–Crippen MR) is 257 cm³/mol. The lowest BCUT2D eigenvalue weighted by molar-refractivity contribution is 0.789. The van der Waals surface area contributed by atoms with Crippen molar-refractivity contribution in [3.8, 4) is 0 Å². The minimum absolute atomic E-state index is 0.347. The topological polar surface area (TPSA) is 3.24 Å². The summed E-state index contributed by atoms with van der Waals surface area (Å²) < 4.78 is 0. The van der Waals surface area contributed by atoms with Gasteiger partial charge < -0.3 is 4.90 Å². The second-order valence-electron chi connectivity index (χ2n) is 15.2. The highest BCUT2D eigenvalue weighted by Gasteiger charge is 2.20. The molecule has 0 radical (unpaired) electrons. The molecule has 2 heteroatoms. The molecule has 0 aliphatic rings. The zero-order chi connectivity index (χ0) is 40.6. The summed E-state index contributed by atoms with van der Waals surface area (Å²) in [7, 11) is 0. The molecule has 1 atom stereocenters. The molecule has 0 spiro atoms. The Kier molecular flexibility index (Phi) is 13.4. The third-order valence-electron chi connectivity index (χ3n) is 11.1. The summed E-state index contributed by atoms with van der Waals surface area (Å²) in [6, 6.07) is 46.8. The molecule has 0 saturated carbocycles. The number of hydrogen-bond acceptors (Lipinski definition) is 2. The molecule has 0 bridgehead atoms. The molecule has 57 heavy (non-hydrogen) atoms. The van der Waals surface area contributed by atoms with E-state index in [0.717, 1.165) is 17.1 Å². The van der Waals surface area contributed by atoms with Crippen molar-refractivity contribution in [3.63, 3.8) is 0 Å². The highest BCUT2D eigenvalue weighted by molar-refractivity contribution is 8.04. The fourth-order valence-corrected chi connectivity index (χ4v) is 9.29. The van der Waals surface area contributed by atoms with Crippen molar-refractivity contribution < 1.29 is 0 Å². The molecular formula is C55H57NS. The van der Waals surface area contributed by atoms with Gasteiger partial charge in [0.1, 0.15) is 0 Å². The van der Waals surface area contributed by atoms with Gasteiger partial charge in [0, 0.05) is 26.9 Å². The van der Waals surface area contributed by atoms with Gasteiger partial charge in [0.05, 0.1) is 5.69 Å². The molecule has 1 nitrogen and oxygen atoms in total. The van der Waals surface area contributed by atoms with Crippen LogP contribution in [0.4, 0.5) is 17.1 Å². The van der Waals surface area contributed by atoms with Crippen molar-refractivity contribution >= 4 is 67.1 Å². The monoisotopic (exact) mass is 763 g/mol. The highest BCUT2D eigenvalue weighted by atomic mass is 32.2. The summed E-state index contributed by atoms with van der Waals surface area (Å²) in [6.45, 7) is 24.1. The van der Waals surface area contributed by atoms with E-state index >= 15 is 0 Å². The molecule has 0 N–H and O–H groups in total. The normalized spacial score (nSPS) is 13.9. The van der Waals surface area contributed by atoms with Crippen LogP contribution in [0.1, 0.15) is 77.6 Å². The van der Waals surface area contributed by atoms with Gasteiger partial charge in [-0.3, -0.25) is 0 Å². The molecule has 0 amide bonds. The zero-order valence-corrected chi connectivity index (χ0v) is 36.0. The van der Waals surface area contributed by atoms with E-state index in [1.54, 1.807) is 0 Å². The minimum atomic E-state index is 0.347. The Bertz CT molecular complexity index is 2540. The maximum absolute atomic E-state index is 4.06. The van der Waals surface area contributed by atoms with Gasteiger partial charge in [0.2, 0.25) is 0 Å². The van der Waals surface area contributed by atoms with Gasteiger partial charge in [-0.05, 0) is 151 Å². The van der Waals surface area contributed by atoms with Crippen molar-refractivity contribution in [2.24, 2.45) is 5.92 Å². The van der Waals surface area contributed by atoms with Crippen LogP contribution in [0.3, 0.4) is 0 Å². The predicted octanol–water partition coefficient (Wildman–Crippen LogP) is 16.9. The smallest absolute Gasteiger partial charge is 0.0546 e. The highest BCUT2D eigenvalue weighted by Crippen LogP contribution is 2.44. The molecule has 0 saturated heterocycles. The quantitative estimate of drug-likeness (QED) is 0.0655. The van der Waals surface area contributed by atoms with E-state index in [-0.39, 0.29) is 0 Å². The maximum atomic E-state index is 4.06. The van der Waals surface area contributed by atoms with Crippen molar-refractivity contribution in [2.45, 2.75) is 67.6 Å². The lowest BCUT2D eigenvalue weighted by Crippen LogP contribution is -2.11. The van der Waals surface area contributed by atoms with Crippen LogP contribution in [0, 0.1) is 12.8 Å². The molecule has 0 aromatic heterocycles. The van der Waals surface area contributed by atoms with E-state index in [2.05, 4.69) is 225 Å². The van der Waals surface area contributed by atoms with E-state index < -0.39 is 0 Å². The van der Waals surface area contributed by atoms with E-state index in [1.165, 1.54) is 76.6 Å². The van der Waals surface area contributed by atoms with Crippen LogP contribution >= 0.6 is 11.8 Å². The third kappa shape index (κ3) is 8.88. The molecule has 6 rings (SSSR count). The van der Waals surface area contributed by atoms with Gasteiger partial charge in [-0.2, -0.15) is 0 Å². The summed E-state index contributed by atoms with van der Waals surface area (Å²) in [4.78, 5) is 3.75. The van der Waals surface area contributed by atoms with E-state index in [9.17, 15) is 0 Å². The summed E-state index contributed by atoms with van der Waals surface area (Å²) in [5.41, 5.74) is 14.8. The van der Waals surface area contributed by atoms with Crippen molar-refractivity contribution in [3.05, 3.63) is 203 Å². The second-order valence-corrected chi connectivity index (χ2v) is 16.6. The molecule has 0 aliphatic carbocycles. The average Bonchev–Trinajstić information content (AvgIpc) is 3.23. The first-order valence-corrected chi connectivity index (χ1v) is 21.1. The number of hydrogen-bond donors (Lipinski definition) is 0. The Balaban J connectivity index is 1.50. The number of aryl methyl sites for hydroxylation is 1. The van der Waals surface area contributed by atoms with Gasteiger partial charge in [-0.1, -0.05) is 148 Å². The number of allylic oxidation sites excluding steroid dienone is 9. The van der Waals surface area contributed by atoms with Gasteiger partial charge >= 0.3 is 0 Å². The fraction of sp³-hybridized carbons (Fsp3) is 0.200. The molecule has 6 aromatic carbocycles. The van der Waals surface area contributed by atoms with Gasteiger partial charge in [-0.15, -0.1) is 11.8 Å². The van der Waals surface area contributed by atoms with Crippen LogP contribution in [0.25, 0.3) is 38.3 Å². The van der Waals surface area contributed by atoms with Crippen LogP contribution in [0.2, 0.25) is 0 Å². The Morgan fingerprint density at radius 3 is 1.84 bits per heavy atom. The lowest BCUT2D eigenvalue weighted by Gasteiger charge is -2.28. The number of anilines is 3.